The fourth-order valence-electron chi connectivity index (χ4n) is 6.05. The molecule has 1 aliphatic carbocycles. The summed E-state index contributed by atoms with van der Waals surface area (Å²) in [6, 6.07) is 2.03. The first-order valence-corrected chi connectivity index (χ1v) is 13.1. The molecule has 36 heavy (non-hydrogen) atoms. The number of carbonyl (C=O) groups excluding carboxylic acids is 1. The van der Waals surface area contributed by atoms with Gasteiger partial charge in [0.15, 0.2) is 0 Å². The van der Waals surface area contributed by atoms with E-state index in [4.69, 9.17) is 4.74 Å². The summed E-state index contributed by atoms with van der Waals surface area (Å²) in [5, 5.41) is 51.6. The van der Waals surface area contributed by atoms with E-state index in [0.29, 0.717) is 32.1 Å². The van der Waals surface area contributed by atoms with Gasteiger partial charge in [-0.05, 0) is 62.9 Å². The van der Waals surface area contributed by atoms with Gasteiger partial charge < -0.3 is 25.2 Å². The Morgan fingerprint density at radius 3 is 2.50 bits per heavy atom. The maximum atomic E-state index is 12.8. The number of nitriles is 1. The number of hydrogen-bond donors (Lipinski definition) is 4. The Morgan fingerprint density at radius 2 is 1.86 bits per heavy atom. The molecule has 1 saturated carbocycles. The van der Waals surface area contributed by atoms with Gasteiger partial charge in [0.2, 0.25) is 0 Å². The highest BCUT2D eigenvalue weighted by Gasteiger charge is 2.40. The van der Waals surface area contributed by atoms with E-state index in [1.54, 1.807) is 26.0 Å². The molecule has 8 nitrogen and oxygen atoms in total. The maximum absolute atomic E-state index is 12.8. The van der Waals surface area contributed by atoms with Crippen molar-refractivity contribution in [2.45, 2.75) is 103 Å². The quantitative estimate of drug-likeness (QED) is 0.415. The minimum absolute atomic E-state index is 0.0420. The standard InChI is InChI=1S/C28H43NO7/c1-17-12-18(2)23(30)13-25(31)36-24(21-9-7-10-22(21)27(33)34)11-6-5-8-20(16-29)26(32)19(3)15-28(4,35)14-17/h5-6,8,17-19,21-24,26,30,32,35H,7,9-15H2,1-4H3,(H,33,34)/t17-,18+,19+,21-,22-,23+,24+,26-,28?/m1/s1. The van der Waals surface area contributed by atoms with Crippen molar-refractivity contribution < 1.29 is 34.8 Å². The average molecular weight is 506 g/mol. The molecule has 1 unspecified atom stereocenters. The van der Waals surface area contributed by atoms with E-state index in [1.165, 1.54) is 6.08 Å². The number of cyclic esters (lactones) is 1. The molecule has 0 spiro atoms. The summed E-state index contributed by atoms with van der Waals surface area (Å²) in [6.45, 7) is 7.34. The van der Waals surface area contributed by atoms with E-state index in [9.17, 15) is 35.3 Å². The summed E-state index contributed by atoms with van der Waals surface area (Å²) < 4.78 is 5.74. The largest absolute Gasteiger partial charge is 0.481 e. The number of aliphatic hydroxyl groups excluding tert-OH is 2. The van der Waals surface area contributed by atoms with Gasteiger partial charge in [-0.15, -0.1) is 0 Å². The molecule has 2 rings (SSSR count). The maximum Gasteiger partial charge on any atom is 0.308 e. The zero-order valence-corrected chi connectivity index (χ0v) is 22.0. The predicted molar refractivity (Wildman–Crippen MR) is 134 cm³/mol. The van der Waals surface area contributed by atoms with Gasteiger partial charge in [-0.2, -0.15) is 5.26 Å². The third kappa shape index (κ3) is 8.72. The Kier molecular flexibility index (Phi) is 11.1. The van der Waals surface area contributed by atoms with Crippen LogP contribution in [0.1, 0.15) is 79.1 Å². The lowest BCUT2D eigenvalue weighted by Crippen LogP contribution is -2.35. The molecular formula is C28H43NO7. The molecule has 2 aliphatic rings. The Bertz CT molecular complexity index is 858. The smallest absolute Gasteiger partial charge is 0.308 e. The Balaban J connectivity index is 2.34. The van der Waals surface area contributed by atoms with Gasteiger partial charge in [-0.3, -0.25) is 9.59 Å². The van der Waals surface area contributed by atoms with Crippen LogP contribution in [0.2, 0.25) is 0 Å². The summed E-state index contributed by atoms with van der Waals surface area (Å²) in [4.78, 5) is 24.5. The number of nitrogens with zero attached hydrogens (tertiary/aromatic N) is 1. The normalized spacial score (nSPS) is 39.8. The Hall–Kier alpha value is -2.21. The van der Waals surface area contributed by atoms with Crippen LogP contribution in [0.25, 0.3) is 0 Å². The van der Waals surface area contributed by atoms with Crippen LogP contribution in [0, 0.1) is 40.9 Å². The number of ether oxygens (including phenoxy) is 1. The molecule has 0 aromatic heterocycles. The molecule has 9 atom stereocenters. The van der Waals surface area contributed by atoms with Crippen molar-refractivity contribution in [2.24, 2.45) is 29.6 Å². The number of hydrogen-bond acceptors (Lipinski definition) is 7. The highest BCUT2D eigenvalue weighted by Crippen LogP contribution is 2.37. The second-order valence-corrected chi connectivity index (χ2v) is 11.4. The molecule has 0 radical (unpaired) electrons. The molecule has 1 fully saturated rings. The molecule has 1 aliphatic heterocycles. The number of esters is 1. The fraction of sp³-hybridized carbons (Fsp3) is 0.750. The van der Waals surface area contributed by atoms with Crippen LogP contribution >= 0.6 is 0 Å². The molecule has 0 amide bonds. The number of allylic oxidation sites excluding steroid dienone is 2. The van der Waals surface area contributed by atoms with Crippen LogP contribution in [0.15, 0.2) is 23.8 Å². The third-order valence-electron chi connectivity index (χ3n) is 7.77. The van der Waals surface area contributed by atoms with Gasteiger partial charge in [-0.1, -0.05) is 39.3 Å². The third-order valence-corrected chi connectivity index (χ3v) is 7.77. The Labute approximate surface area is 214 Å². The number of carboxylic acids is 1. The lowest BCUT2D eigenvalue weighted by Gasteiger charge is -2.32. The van der Waals surface area contributed by atoms with E-state index < -0.39 is 41.8 Å². The van der Waals surface area contributed by atoms with Crippen LogP contribution in [0.5, 0.6) is 0 Å². The van der Waals surface area contributed by atoms with Crippen LogP contribution in [-0.2, 0) is 14.3 Å². The van der Waals surface area contributed by atoms with Crippen LogP contribution in [-0.4, -0.2) is 56.3 Å². The monoisotopic (exact) mass is 505 g/mol. The number of carboxylic acid groups (broad SMARTS) is 1. The van der Waals surface area contributed by atoms with Gasteiger partial charge in [0.1, 0.15) is 6.10 Å². The fourth-order valence-corrected chi connectivity index (χ4v) is 6.05. The van der Waals surface area contributed by atoms with Crippen molar-refractivity contribution in [3.8, 4) is 6.07 Å². The van der Waals surface area contributed by atoms with Crippen molar-refractivity contribution in [1.29, 1.82) is 5.26 Å². The first kappa shape index (κ1) is 30.0. The summed E-state index contributed by atoms with van der Waals surface area (Å²) in [6.07, 6.45) is 5.51. The molecule has 202 valence electrons. The predicted octanol–water partition coefficient (Wildman–Crippen LogP) is 3.75. The SMILES string of the molecule is C[C@@H]1C[C@H](C)[C@@H](O)CC(=O)O[C@H]([C@@H]2CCC[C@H]2C(=O)O)CC=CC=C(C#N)[C@H](O)[C@@H](C)CC(C)(O)C1. The van der Waals surface area contributed by atoms with E-state index >= 15 is 0 Å². The lowest BCUT2D eigenvalue weighted by molar-refractivity contribution is -0.159. The zero-order chi connectivity index (χ0) is 27.0. The van der Waals surface area contributed by atoms with Gasteiger partial charge in [0.05, 0.1) is 41.8 Å². The van der Waals surface area contributed by atoms with E-state index in [1.807, 2.05) is 19.9 Å². The minimum atomic E-state index is -1.07. The van der Waals surface area contributed by atoms with Crippen LogP contribution < -0.4 is 0 Å². The van der Waals surface area contributed by atoms with Crippen LogP contribution in [0.4, 0.5) is 0 Å². The van der Waals surface area contributed by atoms with Crippen LogP contribution in [0.3, 0.4) is 0 Å². The molecule has 0 saturated heterocycles. The highest BCUT2D eigenvalue weighted by atomic mass is 16.5. The topological polar surface area (TPSA) is 148 Å². The van der Waals surface area contributed by atoms with Crippen molar-refractivity contribution in [2.75, 3.05) is 0 Å². The second kappa shape index (κ2) is 13.4. The molecule has 0 aromatic carbocycles. The lowest BCUT2D eigenvalue weighted by atomic mass is 9.79. The Morgan fingerprint density at radius 1 is 1.17 bits per heavy atom. The van der Waals surface area contributed by atoms with Crippen molar-refractivity contribution in [3.63, 3.8) is 0 Å². The van der Waals surface area contributed by atoms with Crippen molar-refractivity contribution >= 4 is 11.9 Å². The van der Waals surface area contributed by atoms with Gasteiger partial charge in [0.25, 0.3) is 0 Å². The molecule has 8 heteroatoms. The molecule has 0 bridgehead atoms. The van der Waals surface area contributed by atoms with Gasteiger partial charge in [0, 0.05) is 12.3 Å². The first-order chi connectivity index (χ1) is 16.8. The minimum Gasteiger partial charge on any atom is -0.481 e. The first-order valence-electron chi connectivity index (χ1n) is 13.1. The number of rotatable bonds is 2. The van der Waals surface area contributed by atoms with E-state index in [0.717, 1.165) is 6.42 Å². The van der Waals surface area contributed by atoms with Gasteiger partial charge in [-0.25, -0.2) is 0 Å². The molecule has 4 N–H and O–H groups in total. The van der Waals surface area contributed by atoms with E-state index in [-0.39, 0.29) is 42.1 Å². The summed E-state index contributed by atoms with van der Waals surface area (Å²) >= 11 is 0. The molecule has 1 heterocycles. The average Bonchev–Trinajstić information content (AvgIpc) is 3.26. The molecule has 0 aromatic rings. The van der Waals surface area contributed by atoms with Crippen molar-refractivity contribution in [1.82, 2.24) is 0 Å². The summed E-state index contributed by atoms with van der Waals surface area (Å²) in [5.74, 6) is -2.93. The summed E-state index contributed by atoms with van der Waals surface area (Å²) in [5.41, 5.74) is -0.904. The highest BCUT2D eigenvalue weighted by molar-refractivity contribution is 5.72. The van der Waals surface area contributed by atoms with E-state index in [2.05, 4.69) is 0 Å². The van der Waals surface area contributed by atoms with Crippen molar-refractivity contribution in [3.05, 3.63) is 23.8 Å². The zero-order valence-electron chi connectivity index (χ0n) is 22.0. The number of carbonyl (C=O) groups is 2. The number of aliphatic hydroxyl groups is 3. The molecular weight excluding hydrogens is 462 g/mol. The summed E-state index contributed by atoms with van der Waals surface area (Å²) in [7, 11) is 0. The second-order valence-electron chi connectivity index (χ2n) is 11.4. The van der Waals surface area contributed by atoms with Gasteiger partial charge >= 0.3 is 11.9 Å². The number of aliphatic carboxylic acids is 1.